The van der Waals surface area contributed by atoms with Gasteiger partial charge in [0, 0.05) is 26.7 Å². The lowest BCUT2D eigenvalue weighted by Crippen LogP contribution is -2.53. The topological polar surface area (TPSA) is 106 Å². The van der Waals surface area contributed by atoms with E-state index in [2.05, 4.69) is 15.5 Å². The molecule has 1 fully saturated rings. The van der Waals surface area contributed by atoms with Crippen LogP contribution in [0.1, 0.15) is 23.1 Å². The van der Waals surface area contributed by atoms with E-state index in [1.165, 1.54) is 19.8 Å². The predicted octanol–water partition coefficient (Wildman–Crippen LogP) is 1.48. The van der Waals surface area contributed by atoms with Crippen LogP contribution in [0.5, 0.6) is 0 Å². The first-order valence-corrected chi connectivity index (χ1v) is 12.6. The van der Waals surface area contributed by atoms with E-state index in [0.29, 0.717) is 12.8 Å². The number of rotatable bonds is 13. The normalized spacial score (nSPS) is 15.4. The van der Waals surface area contributed by atoms with Gasteiger partial charge < -0.3 is 24.8 Å². The molecule has 2 N–H and O–H groups in total. The number of esters is 1. The molecule has 1 saturated heterocycles. The molecule has 3 rings (SSSR count). The summed E-state index contributed by atoms with van der Waals surface area (Å²) in [5.74, 6) is -1.34. The standard InChI is InChI=1S/C28H37N3O6/c1-35-20-25(28(34)36-2)30-27(33)24(13-12-21-6-4-3-5-7-21)29-26(32)18-22-8-10-23(11-9-22)19-31-14-16-37-17-15-31/h3-11,24-25H,12-20H2,1-2H3,(H,29,32)(H,30,33)/t24-,25-/m0/s1. The van der Waals surface area contributed by atoms with Crippen molar-refractivity contribution in [1.82, 2.24) is 15.5 Å². The maximum absolute atomic E-state index is 13.1. The molecule has 9 nitrogen and oxygen atoms in total. The quantitative estimate of drug-likeness (QED) is 0.393. The van der Waals surface area contributed by atoms with Gasteiger partial charge in [-0.2, -0.15) is 0 Å². The lowest BCUT2D eigenvalue weighted by atomic mass is 10.0. The Balaban J connectivity index is 1.61. The molecule has 2 atom stereocenters. The highest BCUT2D eigenvalue weighted by atomic mass is 16.5. The van der Waals surface area contributed by atoms with Crippen LogP contribution in [0.4, 0.5) is 0 Å². The maximum Gasteiger partial charge on any atom is 0.330 e. The second-order valence-corrected chi connectivity index (χ2v) is 9.07. The number of carbonyl (C=O) groups excluding carboxylic acids is 3. The summed E-state index contributed by atoms with van der Waals surface area (Å²) in [5, 5.41) is 5.51. The Kier molecular flexibility index (Phi) is 11.5. The van der Waals surface area contributed by atoms with Crippen molar-refractivity contribution < 1.29 is 28.6 Å². The predicted molar refractivity (Wildman–Crippen MR) is 139 cm³/mol. The highest BCUT2D eigenvalue weighted by Crippen LogP contribution is 2.11. The minimum Gasteiger partial charge on any atom is -0.467 e. The molecule has 37 heavy (non-hydrogen) atoms. The SMILES string of the molecule is COC[C@H](NC(=O)[C@H](CCc1ccccc1)NC(=O)Cc1ccc(CN2CCOCC2)cc1)C(=O)OC. The van der Waals surface area contributed by atoms with Crippen LogP contribution in [-0.4, -0.2) is 81.9 Å². The smallest absolute Gasteiger partial charge is 0.330 e. The van der Waals surface area contributed by atoms with Crippen molar-refractivity contribution in [2.45, 2.75) is 37.9 Å². The number of morpholine rings is 1. The van der Waals surface area contributed by atoms with Crippen LogP contribution in [0.15, 0.2) is 54.6 Å². The van der Waals surface area contributed by atoms with Crippen LogP contribution in [-0.2, 0) is 48.0 Å². The maximum atomic E-state index is 13.1. The van der Waals surface area contributed by atoms with E-state index in [4.69, 9.17) is 14.2 Å². The number of amides is 2. The minimum atomic E-state index is -0.961. The van der Waals surface area contributed by atoms with Crippen molar-refractivity contribution >= 4 is 17.8 Å². The molecule has 1 aliphatic rings. The van der Waals surface area contributed by atoms with Gasteiger partial charge in [0.05, 0.1) is 33.4 Å². The second-order valence-electron chi connectivity index (χ2n) is 9.07. The summed E-state index contributed by atoms with van der Waals surface area (Å²) in [5.41, 5.74) is 3.09. The lowest BCUT2D eigenvalue weighted by Gasteiger charge is -2.26. The Labute approximate surface area is 218 Å². The average Bonchev–Trinajstić information content (AvgIpc) is 2.92. The van der Waals surface area contributed by atoms with E-state index in [1.54, 1.807) is 0 Å². The Morgan fingerprint density at radius 1 is 0.892 bits per heavy atom. The number of benzene rings is 2. The number of nitrogens with zero attached hydrogens (tertiary/aromatic N) is 1. The molecule has 2 aromatic carbocycles. The van der Waals surface area contributed by atoms with Crippen molar-refractivity contribution in [2.24, 2.45) is 0 Å². The first kappa shape index (κ1) is 28.3. The third kappa shape index (κ3) is 9.60. The third-order valence-electron chi connectivity index (χ3n) is 6.25. The van der Waals surface area contributed by atoms with Gasteiger partial charge >= 0.3 is 5.97 Å². The first-order chi connectivity index (χ1) is 18.0. The largest absolute Gasteiger partial charge is 0.467 e. The van der Waals surface area contributed by atoms with E-state index in [1.807, 2.05) is 54.6 Å². The molecule has 1 heterocycles. The summed E-state index contributed by atoms with van der Waals surface area (Å²) < 4.78 is 15.2. The molecule has 0 unspecified atom stereocenters. The molecule has 1 aliphatic heterocycles. The number of nitrogens with one attached hydrogen (secondary N) is 2. The zero-order valence-corrected chi connectivity index (χ0v) is 21.6. The highest BCUT2D eigenvalue weighted by Gasteiger charge is 2.27. The van der Waals surface area contributed by atoms with Gasteiger partial charge in [0.15, 0.2) is 6.04 Å². The van der Waals surface area contributed by atoms with Gasteiger partial charge in [0.2, 0.25) is 11.8 Å². The number of ether oxygens (including phenoxy) is 3. The summed E-state index contributed by atoms with van der Waals surface area (Å²) in [4.78, 5) is 40.4. The number of hydrogen-bond acceptors (Lipinski definition) is 7. The van der Waals surface area contributed by atoms with Gasteiger partial charge in [-0.25, -0.2) is 4.79 Å². The fourth-order valence-electron chi connectivity index (χ4n) is 4.19. The van der Waals surface area contributed by atoms with Gasteiger partial charge in [0.25, 0.3) is 0 Å². The van der Waals surface area contributed by atoms with Gasteiger partial charge in [0.1, 0.15) is 6.04 Å². The monoisotopic (exact) mass is 511 g/mol. The number of aryl methyl sites for hydroxylation is 1. The molecule has 2 aromatic rings. The average molecular weight is 512 g/mol. The fourth-order valence-corrected chi connectivity index (χ4v) is 4.19. The Hall–Kier alpha value is -3.27. The second kappa shape index (κ2) is 15.1. The summed E-state index contributed by atoms with van der Waals surface area (Å²) >= 11 is 0. The third-order valence-corrected chi connectivity index (χ3v) is 6.25. The summed E-state index contributed by atoms with van der Waals surface area (Å²) in [7, 11) is 2.68. The Morgan fingerprint density at radius 3 is 2.22 bits per heavy atom. The van der Waals surface area contributed by atoms with E-state index in [9.17, 15) is 14.4 Å². The zero-order chi connectivity index (χ0) is 26.5. The molecule has 0 spiro atoms. The zero-order valence-electron chi connectivity index (χ0n) is 21.6. The van der Waals surface area contributed by atoms with E-state index >= 15 is 0 Å². The summed E-state index contributed by atoms with van der Waals surface area (Å²) in [6.45, 7) is 4.15. The Morgan fingerprint density at radius 2 is 1.57 bits per heavy atom. The van der Waals surface area contributed by atoms with Crippen LogP contribution >= 0.6 is 0 Å². The van der Waals surface area contributed by atoms with Crippen LogP contribution in [0.3, 0.4) is 0 Å². The Bertz CT molecular complexity index is 993. The van der Waals surface area contributed by atoms with Gasteiger partial charge in [-0.15, -0.1) is 0 Å². The number of carbonyl (C=O) groups is 3. The van der Waals surface area contributed by atoms with E-state index < -0.39 is 24.0 Å². The summed E-state index contributed by atoms with van der Waals surface area (Å²) in [6, 6.07) is 15.9. The molecule has 0 aliphatic carbocycles. The molecule has 200 valence electrons. The van der Waals surface area contributed by atoms with Crippen LogP contribution in [0.2, 0.25) is 0 Å². The fraction of sp³-hybridized carbons (Fsp3) is 0.464. The molecule has 0 radical (unpaired) electrons. The molecular formula is C28H37N3O6. The molecule has 0 bridgehead atoms. The van der Waals surface area contributed by atoms with Crippen molar-refractivity contribution in [3.8, 4) is 0 Å². The number of hydrogen-bond donors (Lipinski definition) is 2. The van der Waals surface area contributed by atoms with E-state index in [0.717, 1.165) is 44.0 Å². The van der Waals surface area contributed by atoms with Gasteiger partial charge in [-0.3, -0.25) is 14.5 Å². The van der Waals surface area contributed by atoms with Crippen molar-refractivity contribution in [1.29, 1.82) is 0 Å². The molecule has 2 amide bonds. The molecule has 9 heteroatoms. The molecule has 0 saturated carbocycles. The van der Waals surface area contributed by atoms with Crippen LogP contribution in [0, 0.1) is 0 Å². The first-order valence-electron chi connectivity index (χ1n) is 12.6. The van der Waals surface area contributed by atoms with Gasteiger partial charge in [-0.1, -0.05) is 54.6 Å². The minimum absolute atomic E-state index is 0.0332. The van der Waals surface area contributed by atoms with Crippen LogP contribution < -0.4 is 10.6 Å². The van der Waals surface area contributed by atoms with E-state index in [-0.39, 0.29) is 18.9 Å². The molecule has 0 aromatic heterocycles. The van der Waals surface area contributed by atoms with Crippen molar-refractivity contribution in [3.05, 3.63) is 71.3 Å². The van der Waals surface area contributed by atoms with Crippen LogP contribution in [0.25, 0.3) is 0 Å². The highest BCUT2D eigenvalue weighted by molar-refractivity contribution is 5.91. The summed E-state index contributed by atoms with van der Waals surface area (Å²) in [6.07, 6.45) is 1.11. The van der Waals surface area contributed by atoms with Crippen molar-refractivity contribution in [3.63, 3.8) is 0 Å². The van der Waals surface area contributed by atoms with Gasteiger partial charge in [-0.05, 0) is 29.5 Å². The lowest BCUT2D eigenvalue weighted by molar-refractivity contribution is -0.146. The number of methoxy groups -OCH3 is 2. The van der Waals surface area contributed by atoms with Crippen molar-refractivity contribution in [2.75, 3.05) is 47.1 Å². The molecular weight excluding hydrogens is 474 g/mol.